The highest BCUT2D eigenvalue weighted by molar-refractivity contribution is 7.89. The molecule has 0 aromatic heterocycles. The maximum Gasteiger partial charge on any atom is 0.255 e. The van der Waals surface area contributed by atoms with Crippen LogP contribution in [0, 0.1) is 0 Å². The summed E-state index contributed by atoms with van der Waals surface area (Å²) in [4.78, 5) is 12.5. The molecule has 0 radical (unpaired) electrons. The molecule has 0 saturated heterocycles. The highest BCUT2D eigenvalue weighted by atomic mass is 35.5. The molecule has 1 amide bonds. The first-order valence-corrected chi connectivity index (χ1v) is 10.2. The summed E-state index contributed by atoms with van der Waals surface area (Å²) < 4.78 is 26.4. The van der Waals surface area contributed by atoms with Gasteiger partial charge < -0.3 is 5.32 Å². The molecule has 0 bridgehead atoms. The second-order valence-electron chi connectivity index (χ2n) is 5.84. The molecule has 5 nitrogen and oxygen atoms in total. The lowest BCUT2D eigenvalue weighted by Gasteiger charge is -2.21. The van der Waals surface area contributed by atoms with Crippen LogP contribution < -0.4 is 5.32 Å². The van der Waals surface area contributed by atoms with Crippen molar-refractivity contribution in [3.05, 3.63) is 57.0 Å². The second kappa shape index (κ2) is 8.15. The van der Waals surface area contributed by atoms with Gasteiger partial charge in [-0.05, 0) is 44.2 Å². The number of benzene rings is 2. The van der Waals surface area contributed by atoms with Crippen LogP contribution >= 0.6 is 34.8 Å². The summed E-state index contributed by atoms with van der Waals surface area (Å²) in [5.41, 5.74) is 0.448. The number of hydrogen-bond donors (Lipinski definition) is 1. The maximum atomic E-state index is 12.6. The van der Waals surface area contributed by atoms with Gasteiger partial charge in [0, 0.05) is 18.7 Å². The average molecular weight is 436 g/mol. The number of hydrogen-bond acceptors (Lipinski definition) is 3. The second-order valence-corrected chi connectivity index (χ2v) is 9.06. The van der Waals surface area contributed by atoms with Crippen LogP contribution in [0.1, 0.15) is 24.2 Å². The Morgan fingerprint density at radius 2 is 1.65 bits per heavy atom. The number of anilines is 1. The van der Waals surface area contributed by atoms with Crippen molar-refractivity contribution in [2.24, 2.45) is 0 Å². The van der Waals surface area contributed by atoms with Crippen LogP contribution in [-0.2, 0) is 10.0 Å². The Hall–Kier alpha value is -1.31. The fraction of sp³-hybridized carbons (Fsp3) is 0.235. The number of sulfonamides is 1. The van der Waals surface area contributed by atoms with E-state index < -0.39 is 15.9 Å². The van der Waals surface area contributed by atoms with Crippen LogP contribution in [0.25, 0.3) is 0 Å². The standard InChI is InChI=1S/C17H17Cl3N2O3S/c1-10(2)22(3)26(24,25)12-6-4-5-11(7-12)17(23)21-16-9-14(19)13(18)8-15(16)20/h4-10H,1-3H3,(H,21,23). The molecule has 1 N–H and O–H groups in total. The van der Waals surface area contributed by atoms with Gasteiger partial charge in [0.25, 0.3) is 5.91 Å². The maximum absolute atomic E-state index is 12.6. The Labute approximate surface area is 167 Å². The average Bonchev–Trinajstić information content (AvgIpc) is 2.58. The van der Waals surface area contributed by atoms with Gasteiger partial charge in [-0.15, -0.1) is 0 Å². The SMILES string of the molecule is CC(C)N(C)S(=O)(=O)c1cccc(C(=O)Nc2cc(Cl)c(Cl)cc2Cl)c1. The summed E-state index contributed by atoms with van der Waals surface area (Å²) in [5.74, 6) is -0.519. The molecule has 0 saturated carbocycles. The first kappa shape index (κ1) is 21.0. The third-order valence-corrected chi connectivity index (χ3v) is 6.82. The number of nitrogens with one attached hydrogen (secondary N) is 1. The Morgan fingerprint density at radius 3 is 2.27 bits per heavy atom. The number of carbonyl (C=O) groups is 1. The Morgan fingerprint density at radius 1 is 1.04 bits per heavy atom. The first-order valence-electron chi connectivity index (χ1n) is 7.58. The third-order valence-electron chi connectivity index (χ3n) is 3.76. The molecule has 140 valence electrons. The van der Waals surface area contributed by atoms with E-state index in [1.165, 1.54) is 47.8 Å². The van der Waals surface area contributed by atoms with E-state index in [9.17, 15) is 13.2 Å². The van der Waals surface area contributed by atoms with Crippen molar-refractivity contribution in [2.75, 3.05) is 12.4 Å². The molecule has 0 spiro atoms. The van der Waals surface area contributed by atoms with E-state index in [-0.39, 0.29) is 37.3 Å². The lowest BCUT2D eigenvalue weighted by molar-refractivity contribution is 0.102. The van der Waals surface area contributed by atoms with Crippen LogP contribution in [0.5, 0.6) is 0 Å². The number of nitrogens with zero attached hydrogens (tertiary/aromatic N) is 1. The van der Waals surface area contributed by atoms with Gasteiger partial charge in [-0.1, -0.05) is 40.9 Å². The van der Waals surface area contributed by atoms with Crippen molar-refractivity contribution in [3.8, 4) is 0 Å². The number of halogens is 3. The minimum atomic E-state index is -3.70. The van der Waals surface area contributed by atoms with Gasteiger partial charge in [-0.3, -0.25) is 4.79 Å². The predicted molar refractivity (Wildman–Crippen MR) is 106 cm³/mol. The zero-order valence-electron chi connectivity index (χ0n) is 14.3. The molecule has 0 heterocycles. The molecule has 2 aromatic carbocycles. The van der Waals surface area contributed by atoms with E-state index in [0.29, 0.717) is 0 Å². The summed E-state index contributed by atoms with van der Waals surface area (Å²) in [7, 11) is -2.21. The van der Waals surface area contributed by atoms with E-state index in [1.807, 2.05) is 0 Å². The molecule has 0 fully saturated rings. The van der Waals surface area contributed by atoms with E-state index in [2.05, 4.69) is 5.32 Å². The highest BCUT2D eigenvalue weighted by Crippen LogP contribution is 2.32. The number of carbonyl (C=O) groups excluding carboxylic acids is 1. The molecule has 26 heavy (non-hydrogen) atoms. The minimum Gasteiger partial charge on any atom is -0.321 e. The van der Waals surface area contributed by atoms with Crippen molar-refractivity contribution >= 4 is 56.4 Å². The molecule has 9 heteroatoms. The summed E-state index contributed by atoms with van der Waals surface area (Å²) in [5, 5.41) is 3.32. The van der Waals surface area contributed by atoms with Crippen LogP contribution in [0.2, 0.25) is 15.1 Å². The third kappa shape index (κ3) is 4.50. The summed E-state index contributed by atoms with van der Waals surface area (Å²) in [6.45, 7) is 3.53. The predicted octanol–water partition coefficient (Wildman–Crippen LogP) is 4.93. The molecule has 0 atom stereocenters. The van der Waals surface area contributed by atoms with Gasteiger partial charge in [0.2, 0.25) is 10.0 Å². The molecule has 0 aliphatic heterocycles. The fourth-order valence-electron chi connectivity index (χ4n) is 2.05. The van der Waals surface area contributed by atoms with E-state index in [0.717, 1.165) is 0 Å². The van der Waals surface area contributed by atoms with E-state index >= 15 is 0 Å². The van der Waals surface area contributed by atoms with Gasteiger partial charge in [-0.2, -0.15) is 4.31 Å². The summed E-state index contributed by atoms with van der Waals surface area (Å²) >= 11 is 17.9. The Bertz CT molecular complexity index is 946. The van der Waals surface area contributed by atoms with Gasteiger partial charge in [0.05, 0.1) is 25.7 Å². The van der Waals surface area contributed by atoms with Gasteiger partial charge in [0.15, 0.2) is 0 Å². The molecule has 0 unspecified atom stereocenters. The number of amides is 1. The van der Waals surface area contributed by atoms with Crippen LogP contribution in [0.4, 0.5) is 5.69 Å². The van der Waals surface area contributed by atoms with E-state index in [1.54, 1.807) is 13.8 Å². The summed E-state index contributed by atoms with van der Waals surface area (Å²) in [6, 6.07) is 8.40. The molecule has 2 rings (SSSR count). The first-order chi connectivity index (χ1) is 12.0. The van der Waals surface area contributed by atoms with Gasteiger partial charge >= 0.3 is 0 Å². The van der Waals surface area contributed by atoms with Crippen LogP contribution in [-0.4, -0.2) is 31.7 Å². The zero-order valence-corrected chi connectivity index (χ0v) is 17.3. The van der Waals surface area contributed by atoms with Crippen molar-refractivity contribution in [1.82, 2.24) is 4.31 Å². The van der Waals surface area contributed by atoms with Gasteiger partial charge in [-0.25, -0.2) is 8.42 Å². The summed E-state index contributed by atoms with van der Waals surface area (Å²) in [6.07, 6.45) is 0. The van der Waals surface area contributed by atoms with Crippen molar-refractivity contribution < 1.29 is 13.2 Å². The van der Waals surface area contributed by atoms with Crippen LogP contribution in [0.15, 0.2) is 41.3 Å². The topological polar surface area (TPSA) is 66.5 Å². The Balaban J connectivity index is 2.33. The monoisotopic (exact) mass is 434 g/mol. The van der Waals surface area contributed by atoms with Crippen LogP contribution in [0.3, 0.4) is 0 Å². The molecular formula is C17H17Cl3N2O3S. The number of rotatable bonds is 5. The van der Waals surface area contributed by atoms with Crippen molar-refractivity contribution in [1.29, 1.82) is 0 Å². The van der Waals surface area contributed by atoms with E-state index in [4.69, 9.17) is 34.8 Å². The normalized spacial score (nSPS) is 11.8. The highest BCUT2D eigenvalue weighted by Gasteiger charge is 2.24. The lowest BCUT2D eigenvalue weighted by Crippen LogP contribution is -2.33. The zero-order chi connectivity index (χ0) is 19.6. The van der Waals surface area contributed by atoms with Crippen molar-refractivity contribution in [3.63, 3.8) is 0 Å². The molecule has 0 aliphatic carbocycles. The molecular weight excluding hydrogens is 419 g/mol. The van der Waals surface area contributed by atoms with Gasteiger partial charge in [0.1, 0.15) is 0 Å². The minimum absolute atomic E-state index is 0.0292. The molecule has 2 aromatic rings. The lowest BCUT2D eigenvalue weighted by atomic mass is 10.2. The molecule has 0 aliphatic rings. The quantitative estimate of drug-likeness (QED) is 0.677. The smallest absolute Gasteiger partial charge is 0.255 e. The Kier molecular flexibility index (Phi) is 6.58. The largest absolute Gasteiger partial charge is 0.321 e. The van der Waals surface area contributed by atoms with Crippen molar-refractivity contribution in [2.45, 2.75) is 24.8 Å². The fourth-order valence-corrected chi connectivity index (χ4v) is 4.06.